The molecule has 104 valence electrons. The van der Waals surface area contributed by atoms with Crippen LogP contribution in [0.5, 0.6) is 17.2 Å². The van der Waals surface area contributed by atoms with Crippen molar-refractivity contribution in [3.05, 3.63) is 17.7 Å². The fraction of sp³-hybridized carbons (Fsp3) is 0.429. The van der Waals surface area contributed by atoms with Crippen LogP contribution in [-0.4, -0.2) is 21.3 Å². The minimum absolute atomic E-state index is 0.106. The molecule has 0 heterocycles. The quantitative estimate of drug-likeness (QED) is 0.445. The van der Waals surface area contributed by atoms with Crippen molar-refractivity contribution in [1.29, 1.82) is 0 Å². The van der Waals surface area contributed by atoms with Gasteiger partial charge in [-0.2, -0.15) is 0 Å². The van der Waals surface area contributed by atoms with E-state index < -0.39 is 0 Å². The van der Waals surface area contributed by atoms with Crippen LogP contribution >= 0.6 is 0 Å². The van der Waals surface area contributed by atoms with Gasteiger partial charge in [-0.05, 0) is 12.5 Å². The topological polar surface area (TPSA) is 65.7 Å². The van der Waals surface area contributed by atoms with Gasteiger partial charge in [-0.1, -0.05) is 0 Å². The number of ether oxygens (including phenoxy) is 3. The predicted molar refractivity (Wildman–Crippen MR) is 74.2 cm³/mol. The molecule has 0 saturated heterocycles. The summed E-state index contributed by atoms with van der Waals surface area (Å²) in [6, 6.07) is 3.51. The van der Waals surface area contributed by atoms with Crippen LogP contribution in [-0.2, 0) is 0 Å². The Morgan fingerprint density at radius 3 is 2.21 bits per heavy atom. The molecule has 0 bridgehead atoms. The molecule has 5 heteroatoms. The molecular weight excluding hydrogens is 244 g/mol. The van der Waals surface area contributed by atoms with E-state index in [-0.39, 0.29) is 6.04 Å². The minimum Gasteiger partial charge on any atom is -0.496 e. The number of hydrogen-bond acceptors (Lipinski definition) is 5. The number of nitrogens with two attached hydrogens (primary N) is 1. The first kappa shape index (κ1) is 15.2. The second-order valence-corrected chi connectivity index (χ2v) is 3.91. The highest BCUT2D eigenvalue weighted by Crippen LogP contribution is 2.38. The van der Waals surface area contributed by atoms with Gasteiger partial charge in [0.2, 0.25) is 0 Å². The van der Waals surface area contributed by atoms with Crippen molar-refractivity contribution < 1.29 is 14.2 Å². The zero-order chi connectivity index (χ0) is 14.3. The number of nitrogens with one attached hydrogen (secondary N) is 1. The zero-order valence-corrected chi connectivity index (χ0v) is 11.5. The first-order valence-electron chi connectivity index (χ1n) is 5.91. The molecule has 0 spiro atoms. The monoisotopic (exact) mass is 264 g/mol. The van der Waals surface area contributed by atoms with Crippen LogP contribution in [0.4, 0.5) is 0 Å². The smallest absolute Gasteiger partial charge is 0.164 e. The van der Waals surface area contributed by atoms with Crippen molar-refractivity contribution in [2.24, 2.45) is 5.84 Å². The molecule has 0 aliphatic heterocycles. The largest absolute Gasteiger partial charge is 0.496 e. The molecule has 0 saturated carbocycles. The molecule has 1 aromatic carbocycles. The Bertz CT molecular complexity index is 455. The van der Waals surface area contributed by atoms with E-state index in [2.05, 4.69) is 11.3 Å². The maximum atomic E-state index is 5.59. The molecule has 1 atom stereocenters. The lowest BCUT2D eigenvalue weighted by atomic mass is 10.0. The summed E-state index contributed by atoms with van der Waals surface area (Å²) < 4.78 is 15.9. The Labute approximate surface area is 114 Å². The average molecular weight is 264 g/mol. The molecule has 0 aliphatic carbocycles. The molecule has 19 heavy (non-hydrogen) atoms. The summed E-state index contributed by atoms with van der Waals surface area (Å²) in [6.07, 6.45) is 6.61. The average Bonchev–Trinajstić information content (AvgIpc) is 2.47. The fourth-order valence-corrected chi connectivity index (χ4v) is 1.88. The zero-order valence-electron chi connectivity index (χ0n) is 11.5. The van der Waals surface area contributed by atoms with Gasteiger partial charge in [-0.3, -0.25) is 11.3 Å². The van der Waals surface area contributed by atoms with Crippen LogP contribution < -0.4 is 25.5 Å². The maximum absolute atomic E-state index is 5.59. The van der Waals surface area contributed by atoms with Gasteiger partial charge >= 0.3 is 0 Å². The minimum atomic E-state index is -0.106. The van der Waals surface area contributed by atoms with Crippen molar-refractivity contribution in [3.8, 4) is 29.6 Å². The van der Waals surface area contributed by atoms with E-state index in [4.69, 9.17) is 26.5 Å². The molecule has 0 radical (unpaired) electrons. The molecule has 0 amide bonds. The van der Waals surface area contributed by atoms with Gasteiger partial charge < -0.3 is 14.2 Å². The normalized spacial score (nSPS) is 11.5. The third-order valence-electron chi connectivity index (χ3n) is 2.89. The lowest BCUT2D eigenvalue weighted by Crippen LogP contribution is -2.28. The number of terminal acetylenes is 1. The summed E-state index contributed by atoms with van der Waals surface area (Å²) in [4.78, 5) is 0. The van der Waals surface area contributed by atoms with Crippen LogP contribution in [0.2, 0.25) is 0 Å². The van der Waals surface area contributed by atoms with Gasteiger partial charge in [-0.15, -0.1) is 12.3 Å². The first-order valence-corrected chi connectivity index (χ1v) is 5.91. The third-order valence-corrected chi connectivity index (χ3v) is 2.89. The Morgan fingerprint density at radius 2 is 1.74 bits per heavy atom. The van der Waals surface area contributed by atoms with E-state index in [1.807, 2.05) is 6.07 Å². The van der Waals surface area contributed by atoms with E-state index in [0.29, 0.717) is 30.1 Å². The van der Waals surface area contributed by atoms with Gasteiger partial charge in [-0.25, -0.2) is 0 Å². The number of hydrazine groups is 1. The van der Waals surface area contributed by atoms with Crippen LogP contribution in [0.25, 0.3) is 0 Å². The number of hydrogen-bond donors (Lipinski definition) is 2. The molecule has 0 fully saturated rings. The summed E-state index contributed by atoms with van der Waals surface area (Å²) in [6.45, 7) is 0. The van der Waals surface area contributed by atoms with E-state index >= 15 is 0 Å². The molecule has 0 aromatic heterocycles. The fourth-order valence-electron chi connectivity index (χ4n) is 1.88. The molecule has 1 aromatic rings. The summed E-state index contributed by atoms with van der Waals surface area (Å²) >= 11 is 0. The Kier molecular flexibility index (Phi) is 6.00. The van der Waals surface area contributed by atoms with E-state index in [1.165, 1.54) is 0 Å². The molecule has 1 unspecified atom stereocenters. The summed E-state index contributed by atoms with van der Waals surface area (Å²) in [5, 5.41) is 0. The van der Waals surface area contributed by atoms with E-state index in [1.54, 1.807) is 27.4 Å². The van der Waals surface area contributed by atoms with E-state index in [9.17, 15) is 0 Å². The summed E-state index contributed by atoms with van der Waals surface area (Å²) in [5.74, 6) is 10.1. The second-order valence-electron chi connectivity index (χ2n) is 3.91. The molecule has 1 rings (SSSR count). The van der Waals surface area contributed by atoms with Crippen LogP contribution in [0, 0.1) is 12.3 Å². The summed E-state index contributed by atoms with van der Waals surface area (Å²) in [7, 11) is 4.76. The van der Waals surface area contributed by atoms with Crippen molar-refractivity contribution in [2.45, 2.75) is 18.9 Å². The third kappa shape index (κ3) is 3.53. The highest BCUT2D eigenvalue weighted by atomic mass is 16.5. The van der Waals surface area contributed by atoms with Gasteiger partial charge in [0.05, 0.1) is 27.4 Å². The van der Waals surface area contributed by atoms with Crippen molar-refractivity contribution in [1.82, 2.24) is 5.43 Å². The Hall–Kier alpha value is -1.90. The Balaban J connectivity index is 3.19. The van der Waals surface area contributed by atoms with Gasteiger partial charge in [0.1, 0.15) is 5.75 Å². The van der Waals surface area contributed by atoms with Gasteiger partial charge in [0.25, 0.3) is 0 Å². The van der Waals surface area contributed by atoms with Gasteiger partial charge in [0.15, 0.2) is 11.5 Å². The predicted octanol–water partition coefficient (Wildman–Crippen LogP) is 1.63. The maximum Gasteiger partial charge on any atom is 0.164 e. The van der Waals surface area contributed by atoms with Crippen molar-refractivity contribution in [3.63, 3.8) is 0 Å². The highest BCUT2D eigenvalue weighted by Gasteiger charge is 2.18. The Morgan fingerprint density at radius 1 is 1.16 bits per heavy atom. The highest BCUT2D eigenvalue weighted by molar-refractivity contribution is 5.51. The molecular formula is C14H20N2O3. The lowest BCUT2D eigenvalue weighted by molar-refractivity contribution is 0.344. The van der Waals surface area contributed by atoms with Crippen molar-refractivity contribution in [2.75, 3.05) is 21.3 Å². The standard InChI is InChI=1S/C14H20N2O3/c1-5-6-7-11(16-15)10-8-13(18-3)14(19-4)9-12(10)17-2/h1,8-9,11,16H,6-7,15H2,2-4H3. The lowest BCUT2D eigenvalue weighted by Gasteiger charge is -2.20. The van der Waals surface area contributed by atoms with Crippen LogP contribution in [0.15, 0.2) is 12.1 Å². The molecule has 3 N–H and O–H groups in total. The second kappa shape index (κ2) is 7.52. The van der Waals surface area contributed by atoms with Gasteiger partial charge in [0, 0.05) is 18.1 Å². The summed E-state index contributed by atoms with van der Waals surface area (Å²) in [5.41, 5.74) is 3.63. The molecule has 5 nitrogen and oxygen atoms in total. The molecule has 0 aliphatic rings. The first-order chi connectivity index (χ1) is 9.21. The number of benzene rings is 1. The van der Waals surface area contributed by atoms with E-state index in [0.717, 1.165) is 5.56 Å². The SMILES string of the molecule is C#CCCC(NN)c1cc(OC)c(OC)cc1OC. The van der Waals surface area contributed by atoms with Crippen LogP contribution in [0.3, 0.4) is 0 Å². The van der Waals surface area contributed by atoms with Crippen molar-refractivity contribution >= 4 is 0 Å². The number of rotatable bonds is 7. The van der Waals surface area contributed by atoms with Crippen LogP contribution in [0.1, 0.15) is 24.4 Å². The number of methoxy groups -OCH3 is 3.